The van der Waals surface area contributed by atoms with Crippen LogP contribution in [0.25, 0.3) is 0 Å². The summed E-state index contributed by atoms with van der Waals surface area (Å²) in [5.74, 6) is 0.0706. The molecule has 1 fully saturated rings. The Morgan fingerprint density at radius 2 is 2.09 bits per heavy atom. The van der Waals surface area contributed by atoms with E-state index in [9.17, 15) is 14.7 Å². The summed E-state index contributed by atoms with van der Waals surface area (Å²) in [4.78, 5) is 26.6. The van der Waals surface area contributed by atoms with Crippen molar-refractivity contribution < 1.29 is 14.7 Å². The average Bonchev–Trinajstić information content (AvgIpc) is 2.80. The van der Waals surface area contributed by atoms with Crippen molar-refractivity contribution >= 4 is 29.3 Å². The zero-order chi connectivity index (χ0) is 16.5. The van der Waals surface area contributed by atoms with Crippen molar-refractivity contribution in [3.05, 3.63) is 28.8 Å². The lowest BCUT2D eigenvalue weighted by atomic mass is 10.0. The highest BCUT2D eigenvalue weighted by Crippen LogP contribution is 2.30. The molecule has 0 bridgehead atoms. The first-order chi connectivity index (χ1) is 10.2. The Balaban J connectivity index is 2.39. The summed E-state index contributed by atoms with van der Waals surface area (Å²) in [7, 11) is 0. The van der Waals surface area contributed by atoms with Gasteiger partial charge in [-0.25, -0.2) is 4.79 Å². The molecule has 22 heavy (non-hydrogen) atoms. The normalized spacial score (nSPS) is 15.3. The summed E-state index contributed by atoms with van der Waals surface area (Å²) >= 11 is 6.07. The van der Waals surface area contributed by atoms with E-state index in [-0.39, 0.29) is 12.5 Å². The molecular formula is C16H21ClN2O3. The summed E-state index contributed by atoms with van der Waals surface area (Å²) in [6.45, 7) is 6.37. The fourth-order valence-electron chi connectivity index (χ4n) is 2.61. The topological polar surface area (TPSA) is 60.9 Å². The van der Waals surface area contributed by atoms with E-state index in [1.54, 1.807) is 23.1 Å². The minimum absolute atomic E-state index is 0.0706. The summed E-state index contributed by atoms with van der Waals surface area (Å²) in [6, 6.07) is 5.27. The summed E-state index contributed by atoms with van der Waals surface area (Å²) in [6.07, 6.45) is 0.360. The predicted octanol–water partition coefficient (Wildman–Crippen LogP) is 3.75. The first-order valence-corrected chi connectivity index (χ1v) is 7.67. The lowest BCUT2D eigenvalue weighted by Crippen LogP contribution is -2.44. The largest absolute Gasteiger partial charge is 0.465 e. The molecule has 0 aliphatic carbocycles. The van der Waals surface area contributed by atoms with Gasteiger partial charge >= 0.3 is 6.09 Å². The third-order valence-electron chi connectivity index (χ3n) is 3.77. The molecule has 2 rings (SSSR count). The van der Waals surface area contributed by atoms with Crippen LogP contribution in [-0.2, 0) is 11.3 Å². The SMILES string of the molecule is CC(C)(C)N(Cc1cc(Cl)ccc1N1CCCC1=O)C(=O)O. The van der Waals surface area contributed by atoms with Crippen LogP contribution >= 0.6 is 11.6 Å². The fraction of sp³-hybridized carbons (Fsp3) is 0.500. The Kier molecular flexibility index (Phi) is 4.66. The number of benzene rings is 1. The van der Waals surface area contributed by atoms with Crippen LogP contribution in [0, 0.1) is 0 Å². The number of amides is 2. The molecular weight excluding hydrogens is 304 g/mol. The molecule has 0 radical (unpaired) electrons. The van der Waals surface area contributed by atoms with Crippen molar-refractivity contribution in [2.24, 2.45) is 0 Å². The van der Waals surface area contributed by atoms with Gasteiger partial charge in [-0.3, -0.25) is 9.69 Å². The molecule has 120 valence electrons. The molecule has 1 aromatic carbocycles. The van der Waals surface area contributed by atoms with E-state index in [0.717, 1.165) is 17.7 Å². The van der Waals surface area contributed by atoms with E-state index in [4.69, 9.17) is 11.6 Å². The standard InChI is InChI=1S/C16H21ClN2O3/c1-16(2,3)19(15(21)22)10-11-9-12(17)6-7-13(11)18-8-4-5-14(18)20/h6-7,9H,4-5,8,10H2,1-3H3,(H,21,22). The van der Waals surface area contributed by atoms with Crippen LogP contribution in [0.4, 0.5) is 10.5 Å². The molecule has 0 spiro atoms. The zero-order valence-corrected chi connectivity index (χ0v) is 13.9. The molecule has 1 aromatic rings. The molecule has 1 N–H and O–H groups in total. The van der Waals surface area contributed by atoms with Crippen LogP contribution in [0.2, 0.25) is 5.02 Å². The number of carboxylic acid groups (broad SMARTS) is 1. The molecule has 6 heteroatoms. The highest BCUT2D eigenvalue weighted by atomic mass is 35.5. The molecule has 1 aliphatic rings. The summed E-state index contributed by atoms with van der Waals surface area (Å²) in [5, 5.41) is 9.99. The van der Waals surface area contributed by atoms with Crippen LogP contribution < -0.4 is 4.90 Å². The number of halogens is 1. The third-order valence-corrected chi connectivity index (χ3v) is 4.01. The number of carbonyl (C=O) groups excluding carboxylic acids is 1. The lowest BCUT2D eigenvalue weighted by molar-refractivity contribution is -0.117. The van der Waals surface area contributed by atoms with E-state index < -0.39 is 11.6 Å². The Bertz CT molecular complexity index is 596. The first kappa shape index (κ1) is 16.6. The van der Waals surface area contributed by atoms with E-state index >= 15 is 0 Å². The number of nitrogens with zero attached hydrogens (tertiary/aromatic N) is 2. The number of anilines is 1. The number of rotatable bonds is 3. The van der Waals surface area contributed by atoms with Crippen molar-refractivity contribution in [2.45, 2.75) is 45.7 Å². The van der Waals surface area contributed by atoms with Crippen LogP contribution in [0.3, 0.4) is 0 Å². The van der Waals surface area contributed by atoms with Crippen molar-refractivity contribution in [3.8, 4) is 0 Å². The van der Waals surface area contributed by atoms with Crippen LogP contribution in [0.1, 0.15) is 39.2 Å². The highest BCUT2D eigenvalue weighted by molar-refractivity contribution is 6.30. The van der Waals surface area contributed by atoms with E-state index in [0.29, 0.717) is 18.0 Å². The minimum atomic E-state index is -0.994. The van der Waals surface area contributed by atoms with Gasteiger partial charge in [-0.1, -0.05) is 11.6 Å². The monoisotopic (exact) mass is 324 g/mol. The van der Waals surface area contributed by atoms with Crippen LogP contribution in [0.15, 0.2) is 18.2 Å². The highest BCUT2D eigenvalue weighted by Gasteiger charge is 2.29. The van der Waals surface area contributed by atoms with Crippen LogP contribution in [0.5, 0.6) is 0 Å². The van der Waals surface area contributed by atoms with Crippen molar-refractivity contribution in [3.63, 3.8) is 0 Å². The molecule has 1 heterocycles. The Morgan fingerprint density at radius 3 is 2.59 bits per heavy atom. The van der Waals surface area contributed by atoms with Crippen molar-refractivity contribution in [1.29, 1.82) is 0 Å². The van der Waals surface area contributed by atoms with Gasteiger partial charge in [0.2, 0.25) is 5.91 Å². The van der Waals surface area contributed by atoms with Gasteiger partial charge in [0, 0.05) is 29.2 Å². The Labute approximate surface area is 135 Å². The summed E-state index contributed by atoms with van der Waals surface area (Å²) < 4.78 is 0. The summed E-state index contributed by atoms with van der Waals surface area (Å²) in [5.41, 5.74) is 0.961. The molecule has 1 saturated heterocycles. The second-order valence-corrected chi connectivity index (χ2v) is 6.90. The molecule has 0 unspecified atom stereocenters. The van der Waals surface area contributed by atoms with Gasteiger partial charge in [-0.2, -0.15) is 0 Å². The van der Waals surface area contributed by atoms with Crippen molar-refractivity contribution in [1.82, 2.24) is 4.90 Å². The Morgan fingerprint density at radius 1 is 1.41 bits per heavy atom. The average molecular weight is 325 g/mol. The zero-order valence-electron chi connectivity index (χ0n) is 13.1. The van der Waals surface area contributed by atoms with Crippen molar-refractivity contribution in [2.75, 3.05) is 11.4 Å². The molecule has 0 aromatic heterocycles. The van der Waals surface area contributed by atoms with Gasteiger partial charge < -0.3 is 10.0 Å². The molecule has 0 saturated carbocycles. The Hall–Kier alpha value is -1.75. The number of hydrogen-bond acceptors (Lipinski definition) is 2. The molecule has 0 atom stereocenters. The molecule has 1 aliphatic heterocycles. The third kappa shape index (κ3) is 3.53. The van der Waals surface area contributed by atoms with Gasteiger partial charge in [0.15, 0.2) is 0 Å². The second kappa shape index (κ2) is 6.16. The van der Waals surface area contributed by atoms with Gasteiger partial charge in [-0.05, 0) is 51.0 Å². The predicted molar refractivity (Wildman–Crippen MR) is 86.4 cm³/mol. The maximum Gasteiger partial charge on any atom is 0.408 e. The maximum absolute atomic E-state index is 12.0. The smallest absolute Gasteiger partial charge is 0.408 e. The number of carbonyl (C=O) groups is 2. The van der Waals surface area contributed by atoms with Gasteiger partial charge in [0.25, 0.3) is 0 Å². The number of hydrogen-bond donors (Lipinski definition) is 1. The van der Waals surface area contributed by atoms with E-state index in [2.05, 4.69) is 0 Å². The quantitative estimate of drug-likeness (QED) is 0.921. The maximum atomic E-state index is 12.0. The van der Waals surface area contributed by atoms with E-state index in [1.807, 2.05) is 20.8 Å². The molecule has 2 amide bonds. The van der Waals surface area contributed by atoms with Crippen LogP contribution in [-0.4, -0.2) is 34.1 Å². The van der Waals surface area contributed by atoms with Gasteiger partial charge in [0.1, 0.15) is 0 Å². The first-order valence-electron chi connectivity index (χ1n) is 7.29. The second-order valence-electron chi connectivity index (χ2n) is 6.46. The van der Waals surface area contributed by atoms with Gasteiger partial charge in [-0.15, -0.1) is 0 Å². The minimum Gasteiger partial charge on any atom is -0.465 e. The van der Waals surface area contributed by atoms with Gasteiger partial charge in [0.05, 0.1) is 6.54 Å². The molecule has 5 nitrogen and oxygen atoms in total. The lowest BCUT2D eigenvalue weighted by Gasteiger charge is -2.34. The van der Waals surface area contributed by atoms with E-state index in [1.165, 1.54) is 4.90 Å². The fourth-order valence-corrected chi connectivity index (χ4v) is 2.80.